The number of carbonyl (C=O) groups excluding carboxylic acids is 3. The summed E-state index contributed by atoms with van der Waals surface area (Å²) in [5.74, 6) is -1.06. The second kappa shape index (κ2) is 11.7. The number of hydrogen-bond donors (Lipinski definition) is 2. The number of pyridine rings is 1. The van der Waals surface area contributed by atoms with Gasteiger partial charge in [0.15, 0.2) is 18.2 Å². The van der Waals surface area contributed by atoms with Crippen molar-refractivity contribution >= 4 is 33.3 Å². The molecule has 12 nitrogen and oxygen atoms in total. The summed E-state index contributed by atoms with van der Waals surface area (Å²) in [5.41, 5.74) is 1.46. The number of amides is 2. The van der Waals surface area contributed by atoms with Gasteiger partial charge in [0.25, 0.3) is 5.91 Å². The zero-order valence-electron chi connectivity index (χ0n) is 23.2. The Morgan fingerprint density at radius 1 is 1.07 bits per heavy atom. The summed E-state index contributed by atoms with van der Waals surface area (Å²) in [6, 6.07) is 7.20. The molecule has 5 rings (SSSR count). The van der Waals surface area contributed by atoms with Crippen molar-refractivity contribution in [2.75, 3.05) is 44.2 Å². The highest BCUT2D eigenvalue weighted by atomic mass is 32.2. The van der Waals surface area contributed by atoms with Gasteiger partial charge in [0.2, 0.25) is 15.9 Å². The number of sulfonamides is 1. The molecule has 2 N–H and O–H groups in total. The van der Waals surface area contributed by atoms with E-state index in [0.29, 0.717) is 23.1 Å². The monoisotopic (exact) mass is 584 g/mol. The van der Waals surface area contributed by atoms with Crippen molar-refractivity contribution in [3.8, 4) is 0 Å². The number of fused-ring (bicyclic) bond motifs is 1. The van der Waals surface area contributed by atoms with E-state index < -0.39 is 34.1 Å². The largest absolute Gasteiger partial charge is 0.619 e. The maximum absolute atomic E-state index is 13.8. The molecule has 220 valence electrons. The standard InChI is InChI=1S/C28H36N6O6S/c1-19(2)17-23(30-27(36)20-3-5-21(6-4-20)31-15-10-29-11-16-31)28(37)33-14-9-24-26(33)25(35)18-34(24)41(39,40)22-7-12-32(38)13-8-22/h3-8,12-13,19,23-24,26,29H,9-11,14-18H2,1-2H3,(H,30,36). The highest BCUT2D eigenvalue weighted by Crippen LogP contribution is 2.34. The Hall–Kier alpha value is -3.55. The summed E-state index contributed by atoms with van der Waals surface area (Å²) in [6.07, 6.45) is 2.84. The molecular formula is C28H36N6O6S. The number of nitrogens with zero attached hydrogens (tertiary/aromatic N) is 4. The van der Waals surface area contributed by atoms with Crippen LogP contribution in [-0.4, -0.2) is 92.6 Å². The van der Waals surface area contributed by atoms with Crippen molar-refractivity contribution in [3.05, 3.63) is 59.6 Å². The third-order valence-corrected chi connectivity index (χ3v) is 9.85. The Labute approximate surface area is 239 Å². The van der Waals surface area contributed by atoms with Gasteiger partial charge in [-0.3, -0.25) is 14.4 Å². The van der Waals surface area contributed by atoms with Crippen LogP contribution in [0.1, 0.15) is 37.0 Å². The third kappa shape index (κ3) is 5.92. The number of hydrogen-bond acceptors (Lipinski definition) is 8. The van der Waals surface area contributed by atoms with Crippen LogP contribution in [0.2, 0.25) is 0 Å². The van der Waals surface area contributed by atoms with Crippen LogP contribution in [-0.2, 0) is 19.6 Å². The van der Waals surface area contributed by atoms with E-state index in [2.05, 4.69) is 15.5 Å². The van der Waals surface area contributed by atoms with Crippen LogP contribution in [0.25, 0.3) is 0 Å². The number of benzene rings is 1. The number of anilines is 1. The number of Topliss-reactive ketones (excluding diaryl/α,β-unsaturated/α-hetero) is 1. The van der Waals surface area contributed by atoms with Crippen LogP contribution >= 0.6 is 0 Å². The maximum atomic E-state index is 13.8. The number of rotatable bonds is 8. The second-order valence-electron chi connectivity index (χ2n) is 11.2. The molecule has 2 aromatic rings. The smallest absolute Gasteiger partial charge is 0.251 e. The minimum Gasteiger partial charge on any atom is -0.619 e. The Morgan fingerprint density at radius 3 is 2.37 bits per heavy atom. The van der Waals surface area contributed by atoms with Gasteiger partial charge in [0, 0.05) is 56.1 Å². The van der Waals surface area contributed by atoms with Crippen LogP contribution in [0, 0.1) is 11.1 Å². The lowest BCUT2D eigenvalue weighted by molar-refractivity contribution is -0.605. The summed E-state index contributed by atoms with van der Waals surface area (Å²) in [4.78, 5) is 43.7. The molecule has 2 amide bonds. The molecule has 3 aliphatic heterocycles. The van der Waals surface area contributed by atoms with Crippen molar-refractivity contribution in [2.45, 2.75) is 49.7 Å². The first kappa shape index (κ1) is 29.0. The number of likely N-dealkylation sites (tertiary alicyclic amines) is 1. The molecule has 3 aliphatic rings. The highest BCUT2D eigenvalue weighted by Gasteiger charge is 2.54. The quantitative estimate of drug-likeness (QED) is 0.329. The predicted octanol–water partition coefficient (Wildman–Crippen LogP) is 0.117. The van der Waals surface area contributed by atoms with Gasteiger partial charge in [-0.05, 0) is 43.0 Å². The average Bonchev–Trinajstić information content (AvgIpc) is 3.54. The Kier molecular flexibility index (Phi) is 8.30. The molecule has 0 saturated carbocycles. The van der Waals surface area contributed by atoms with E-state index in [0.717, 1.165) is 48.6 Å². The SMILES string of the molecule is CC(C)CC(NC(=O)c1ccc(N2CCNCC2)cc1)C(=O)N1CCC2C1C(=O)CN2S(=O)(=O)c1cc[n+]([O-])cc1. The van der Waals surface area contributed by atoms with Crippen LogP contribution in [0.5, 0.6) is 0 Å². The lowest BCUT2D eigenvalue weighted by Crippen LogP contribution is -2.53. The van der Waals surface area contributed by atoms with E-state index in [-0.39, 0.29) is 35.6 Å². The number of nitrogens with one attached hydrogen (secondary N) is 2. The Balaban J connectivity index is 1.30. The minimum atomic E-state index is -4.05. The summed E-state index contributed by atoms with van der Waals surface area (Å²) >= 11 is 0. The van der Waals surface area contributed by atoms with E-state index in [1.807, 2.05) is 26.0 Å². The summed E-state index contributed by atoms with van der Waals surface area (Å²) in [7, 11) is -4.05. The van der Waals surface area contributed by atoms with Crippen LogP contribution < -0.4 is 20.3 Å². The van der Waals surface area contributed by atoms with E-state index in [1.165, 1.54) is 17.0 Å². The molecule has 13 heteroatoms. The molecule has 1 aromatic carbocycles. The first-order chi connectivity index (χ1) is 19.6. The van der Waals surface area contributed by atoms with Crippen molar-refractivity contribution in [1.29, 1.82) is 0 Å². The van der Waals surface area contributed by atoms with Crippen LogP contribution in [0.15, 0.2) is 53.7 Å². The molecule has 0 spiro atoms. The summed E-state index contributed by atoms with van der Waals surface area (Å²) in [6.45, 7) is 7.32. The zero-order chi connectivity index (χ0) is 29.3. The molecule has 3 saturated heterocycles. The Morgan fingerprint density at radius 2 is 1.73 bits per heavy atom. The first-order valence-electron chi connectivity index (χ1n) is 14.0. The van der Waals surface area contributed by atoms with E-state index in [4.69, 9.17) is 0 Å². The third-order valence-electron chi connectivity index (χ3n) is 7.96. The number of ketones is 1. The fourth-order valence-electron chi connectivity index (χ4n) is 5.93. The van der Waals surface area contributed by atoms with E-state index >= 15 is 0 Å². The van der Waals surface area contributed by atoms with Gasteiger partial charge < -0.3 is 25.6 Å². The van der Waals surface area contributed by atoms with Gasteiger partial charge in [-0.15, -0.1) is 0 Å². The predicted molar refractivity (Wildman–Crippen MR) is 150 cm³/mol. The lowest BCUT2D eigenvalue weighted by Gasteiger charge is -2.30. The summed E-state index contributed by atoms with van der Waals surface area (Å²) < 4.78 is 28.2. The van der Waals surface area contributed by atoms with Crippen molar-refractivity contribution < 1.29 is 27.5 Å². The van der Waals surface area contributed by atoms with Crippen molar-refractivity contribution in [3.63, 3.8) is 0 Å². The van der Waals surface area contributed by atoms with Crippen molar-refractivity contribution in [1.82, 2.24) is 19.8 Å². The molecule has 0 radical (unpaired) electrons. The molecule has 3 unspecified atom stereocenters. The zero-order valence-corrected chi connectivity index (χ0v) is 24.0. The lowest BCUT2D eigenvalue weighted by atomic mass is 10.0. The summed E-state index contributed by atoms with van der Waals surface area (Å²) in [5, 5.41) is 17.6. The van der Waals surface area contributed by atoms with E-state index in [9.17, 15) is 28.0 Å². The minimum absolute atomic E-state index is 0.0794. The Bertz CT molecular complexity index is 1390. The number of carbonyl (C=O) groups is 3. The molecule has 3 fully saturated rings. The van der Waals surface area contributed by atoms with Gasteiger partial charge in [-0.2, -0.15) is 9.04 Å². The molecule has 3 atom stereocenters. The molecule has 0 aliphatic carbocycles. The second-order valence-corrected chi connectivity index (χ2v) is 13.1. The van der Waals surface area contributed by atoms with Gasteiger partial charge in [0.1, 0.15) is 12.1 Å². The topological polar surface area (TPSA) is 146 Å². The molecular weight excluding hydrogens is 548 g/mol. The molecule has 1 aromatic heterocycles. The average molecular weight is 585 g/mol. The normalized spacial score (nSPS) is 22.2. The van der Waals surface area contributed by atoms with Gasteiger partial charge in [-0.1, -0.05) is 13.8 Å². The molecule has 41 heavy (non-hydrogen) atoms. The molecule has 0 bridgehead atoms. The van der Waals surface area contributed by atoms with Gasteiger partial charge in [0.05, 0.1) is 17.5 Å². The fourth-order valence-corrected chi connectivity index (χ4v) is 7.54. The van der Waals surface area contributed by atoms with E-state index in [1.54, 1.807) is 12.1 Å². The fraction of sp³-hybridized carbons (Fsp3) is 0.500. The van der Waals surface area contributed by atoms with Crippen LogP contribution in [0.4, 0.5) is 5.69 Å². The van der Waals surface area contributed by atoms with Gasteiger partial charge in [-0.25, -0.2) is 8.42 Å². The van der Waals surface area contributed by atoms with Gasteiger partial charge >= 0.3 is 0 Å². The number of piperazine rings is 1. The van der Waals surface area contributed by atoms with Crippen LogP contribution in [0.3, 0.4) is 0 Å². The first-order valence-corrected chi connectivity index (χ1v) is 15.4. The number of aromatic nitrogens is 1. The maximum Gasteiger partial charge on any atom is 0.251 e. The highest BCUT2D eigenvalue weighted by molar-refractivity contribution is 7.89. The molecule has 4 heterocycles. The van der Waals surface area contributed by atoms with Crippen molar-refractivity contribution in [2.24, 2.45) is 5.92 Å².